The van der Waals surface area contributed by atoms with Crippen LogP contribution in [0.15, 0.2) is 42.5 Å². The fourth-order valence-corrected chi connectivity index (χ4v) is 2.56. The Morgan fingerprint density at radius 2 is 1.62 bits per heavy atom. The smallest absolute Gasteiger partial charge is 0.0587 e. The van der Waals surface area contributed by atoms with Crippen LogP contribution in [0.3, 0.4) is 0 Å². The third kappa shape index (κ3) is 4.42. The van der Waals surface area contributed by atoms with Crippen LogP contribution in [0.4, 0.5) is 0 Å². The lowest BCUT2D eigenvalue weighted by Crippen LogP contribution is -2.34. The van der Waals surface area contributed by atoms with Gasteiger partial charge in [-0.1, -0.05) is 42.5 Å². The quantitative estimate of drug-likeness (QED) is 0.852. The predicted octanol–water partition coefficient (Wildman–Crippen LogP) is 3.31. The van der Waals surface area contributed by atoms with Crippen LogP contribution in [-0.4, -0.2) is 17.8 Å². The van der Waals surface area contributed by atoms with Crippen molar-refractivity contribution in [3.8, 4) is 0 Å². The van der Waals surface area contributed by atoms with Gasteiger partial charge >= 0.3 is 0 Å². The van der Waals surface area contributed by atoms with Gasteiger partial charge in [0.1, 0.15) is 0 Å². The normalized spacial score (nSPS) is 12.4. The van der Waals surface area contributed by atoms with E-state index in [9.17, 15) is 5.11 Å². The average molecular weight is 283 g/mol. The maximum atomic E-state index is 9.57. The van der Waals surface area contributed by atoms with Crippen molar-refractivity contribution in [2.24, 2.45) is 0 Å². The van der Waals surface area contributed by atoms with E-state index in [0.717, 1.165) is 13.0 Å². The molecular formula is C19H25NO. The van der Waals surface area contributed by atoms with Crippen LogP contribution in [0.5, 0.6) is 0 Å². The molecule has 2 rings (SSSR count). The van der Waals surface area contributed by atoms with E-state index in [4.69, 9.17) is 0 Å². The van der Waals surface area contributed by atoms with Crippen molar-refractivity contribution in [2.75, 3.05) is 6.61 Å². The van der Waals surface area contributed by atoms with Gasteiger partial charge in [0.05, 0.1) is 6.61 Å². The lowest BCUT2D eigenvalue weighted by atomic mass is 10.00. The van der Waals surface area contributed by atoms with Gasteiger partial charge in [-0.25, -0.2) is 0 Å². The summed E-state index contributed by atoms with van der Waals surface area (Å²) in [4.78, 5) is 0. The Morgan fingerprint density at radius 3 is 2.29 bits per heavy atom. The topological polar surface area (TPSA) is 32.3 Å². The van der Waals surface area contributed by atoms with E-state index in [1.165, 1.54) is 27.8 Å². The molecule has 0 aliphatic rings. The minimum atomic E-state index is 0.0911. The molecule has 0 unspecified atom stereocenters. The van der Waals surface area contributed by atoms with Crippen LogP contribution in [0, 0.1) is 20.8 Å². The van der Waals surface area contributed by atoms with Crippen molar-refractivity contribution in [1.82, 2.24) is 5.32 Å². The molecule has 0 spiro atoms. The molecule has 0 heterocycles. The second-order valence-electron chi connectivity index (χ2n) is 5.81. The molecule has 2 aromatic rings. The lowest BCUT2D eigenvalue weighted by molar-refractivity contribution is 0.240. The van der Waals surface area contributed by atoms with Gasteiger partial charge in [-0.2, -0.15) is 0 Å². The number of aryl methyl sites for hydroxylation is 3. The molecule has 2 heteroatoms. The molecule has 1 atom stereocenters. The molecule has 0 saturated heterocycles. The zero-order valence-corrected chi connectivity index (χ0v) is 13.2. The lowest BCUT2D eigenvalue weighted by Gasteiger charge is -2.18. The fraction of sp³-hybridized carbons (Fsp3) is 0.368. The predicted molar refractivity (Wildman–Crippen MR) is 88.5 cm³/mol. The summed E-state index contributed by atoms with van der Waals surface area (Å²) in [5.74, 6) is 0. The van der Waals surface area contributed by atoms with Gasteiger partial charge in [0.2, 0.25) is 0 Å². The Balaban J connectivity index is 1.99. The first-order valence-corrected chi connectivity index (χ1v) is 7.55. The summed E-state index contributed by atoms with van der Waals surface area (Å²) in [5, 5.41) is 13.0. The molecule has 0 aliphatic carbocycles. The summed E-state index contributed by atoms with van der Waals surface area (Å²) in [6, 6.07) is 14.9. The van der Waals surface area contributed by atoms with Gasteiger partial charge in [-0.05, 0) is 55.0 Å². The van der Waals surface area contributed by atoms with Crippen molar-refractivity contribution < 1.29 is 5.11 Å². The summed E-state index contributed by atoms with van der Waals surface area (Å²) in [6.07, 6.45) is 0.848. The number of aliphatic hydroxyl groups is 1. The number of rotatable bonds is 6. The monoisotopic (exact) mass is 283 g/mol. The van der Waals surface area contributed by atoms with E-state index in [2.05, 4.69) is 50.4 Å². The molecule has 0 amide bonds. The Kier molecular flexibility index (Phi) is 5.54. The highest BCUT2D eigenvalue weighted by Crippen LogP contribution is 2.15. The first-order valence-electron chi connectivity index (χ1n) is 7.55. The van der Waals surface area contributed by atoms with E-state index >= 15 is 0 Å². The minimum absolute atomic E-state index is 0.0911. The summed E-state index contributed by atoms with van der Waals surface area (Å²) in [5.41, 5.74) is 6.52. The molecule has 0 fully saturated rings. The third-order valence-electron chi connectivity index (χ3n) is 4.08. The molecule has 0 radical (unpaired) electrons. The number of benzene rings is 2. The number of aliphatic hydroxyl groups excluding tert-OH is 1. The third-order valence-corrected chi connectivity index (χ3v) is 4.08. The van der Waals surface area contributed by atoms with Crippen LogP contribution in [0.1, 0.15) is 27.8 Å². The van der Waals surface area contributed by atoms with Crippen molar-refractivity contribution in [1.29, 1.82) is 0 Å². The molecule has 0 bridgehead atoms. The Morgan fingerprint density at radius 1 is 0.952 bits per heavy atom. The fourth-order valence-electron chi connectivity index (χ4n) is 2.56. The van der Waals surface area contributed by atoms with Crippen molar-refractivity contribution in [3.05, 3.63) is 70.3 Å². The summed E-state index contributed by atoms with van der Waals surface area (Å²) in [7, 11) is 0. The molecule has 112 valence electrons. The first-order chi connectivity index (χ1) is 10.1. The van der Waals surface area contributed by atoms with Gasteiger partial charge in [0, 0.05) is 12.6 Å². The Labute approximate surface area is 127 Å². The zero-order chi connectivity index (χ0) is 15.2. The first kappa shape index (κ1) is 15.7. The molecule has 0 saturated carbocycles. The van der Waals surface area contributed by atoms with E-state index in [-0.39, 0.29) is 12.6 Å². The Hall–Kier alpha value is -1.64. The van der Waals surface area contributed by atoms with Gasteiger partial charge in [0.25, 0.3) is 0 Å². The summed E-state index contributed by atoms with van der Waals surface area (Å²) in [6.45, 7) is 7.38. The molecule has 2 N–H and O–H groups in total. The van der Waals surface area contributed by atoms with Crippen molar-refractivity contribution >= 4 is 0 Å². The highest BCUT2D eigenvalue weighted by atomic mass is 16.3. The number of hydrogen-bond donors (Lipinski definition) is 2. The molecule has 21 heavy (non-hydrogen) atoms. The van der Waals surface area contributed by atoms with Crippen molar-refractivity contribution in [3.63, 3.8) is 0 Å². The maximum Gasteiger partial charge on any atom is 0.0587 e. The van der Waals surface area contributed by atoms with E-state index < -0.39 is 0 Å². The van der Waals surface area contributed by atoms with Gasteiger partial charge in [-0.3, -0.25) is 0 Å². The maximum absolute atomic E-state index is 9.57. The van der Waals surface area contributed by atoms with Crippen LogP contribution in [0.2, 0.25) is 0 Å². The standard InChI is InChI=1S/C19H25NO/c1-14-9-16(3)18(10-15(14)2)12-20-19(13-21)11-17-7-5-4-6-8-17/h4-10,19-21H,11-13H2,1-3H3/t19-/m0/s1. The van der Waals surface area contributed by atoms with E-state index in [1.54, 1.807) is 0 Å². The zero-order valence-electron chi connectivity index (χ0n) is 13.2. The second kappa shape index (κ2) is 7.39. The van der Waals surface area contributed by atoms with E-state index in [0.29, 0.717) is 0 Å². The number of nitrogens with one attached hydrogen (secondary N) is 1. The van der Waals surface area contributed by atoms with Crippen LogP contribution in [0.25, 0.3) is 0 Å². The number of hydrogen-bond acceptors (Lipinski definition) is 2. The Bertz CT molecular complexity index is 578. The largest absolute Gasteiger partial charge is 0.395 e. The molecular weight excluding hydrogens is 258 g/mol. The molecule has 2 aromatic carbocycles. The van der Waals surface area contributed by atoms with Crippen LogP contribution < -0.4 is 5.32 Å². The summed E-state index contributed by atoms with van der Waals surface area (Å²) < 4.78 is 0. The minimum Gasteiger partial charge on any atom is -0.395 e. The molecule has 2 nitrogen and oxygen atoms in total. The molecule has 0 aliphatic heterocycles. The van der Waals surface area contributed by atoms with E-state index in [1.807, 2.05) is 18.2 Å². The highest BCUT2D eigenvalue weighted by molar-refractivity contribution is 5.36. The van der Waals surface area contributed by atoms with Gasteiger partial charge < -0.3 is 10.4 Å². The second-order valence-corrected chi connectivity index (χ2v) is 5.81. The van der Waals surface area contributed by atoms with Gasteiger partial charge in [0.15, 0.2) is 0 Å². The van der Waals surface area contributed by atoms with Crippen molar-refractivity contribution in [2.45, 2.75) is 39.8 Å². The SMILES string of the molecule is Cc1cc(C)c(CN[C@H](CO)Cc2ccccc2)cc1C. The summed E-state index contributed by atoms with van der Waals surface area (Å²) >= 11 is 0. The van der Waals surface area contributed by atoms with Crippen LogP contribution >= 0.6 is 0 Å². The van der Waals surface area contributed by atoms with Gasteiger partial charge in [-0.15, -0.1) is 0 Å². The van der Waals surface area contributed by atoms with Crippen LogP contribution in [-0.2, 0) is 13.0 Å². The molecule has 0 aromatic heterocycles. The average Bonchev–Trinajstić information content (AvgIpc) is 2.49. The highest BCUT2D eigenvalue weighted by Gasteiger charge is 2.09.